The van der Waals surface area contributed by atoms with Crippen LogP contribution in [0.25, 0.3) is 0 Å². The van der Waals surface area contributed by atoms with Gasteiger partial charge in [0.25, 0.3) is 10.1 Å². The van der Waals surface area contributed by atoms with Gasteiger partial charge in [0, 0.05) is 13.1 Å². The van der Waals surface area contributed by atoms with Crippen LogP contribution in [0.2, 0.25) is 0 Å². The molecule has 0 aromatic carbocycles. The lowest BCUT2D eigenvalue weighted by molar-refractivity contribution is 0.374. The Kier molecular flexibility index (Phi) is 7.95. The number of nitrogens with zero attached hydrogens (tertiary/aromatic N) is 2. The van der Waals surface area contributed by atoms with Crippen LogP contribution in [0.3, 0.4) is 0 Å². The summed E-state index contributed by atoms with van der Waals surface area (Å²) < 4.78 is 29.4. The molecule has 0 radical (unpaired) electrons. The van der Waals surface area contributed by atoms with E-state index in [-0.39, 0.29) is 5.75 Å². The lowest BCUT2D eigenvalue weighted by Crippen LogP contribution is -2.22. The van der Waals surface area contributed by atoms with Gasteiger partial charge < -0.3 is 4.90 Å². The summed E-state index contributed by atoms with van der Waals surface area (Å²) in [5.74, 6) is -0.278. The van der Waals surface area contributed by atoms with E-state index in [2.05, 4.69) is 6.92 Å². The summed E-state index contributed by atoms with van der Waals surface area (Å²) in [4.78, 5) is 1.54. The molecule has 0 amide bonds. The molecule has 16 heavy (non-hydrogen) atoms. The van der Waals surface area contributed by atoms with Crippen LogP contribution in [0.1, 0.15) is 39.0 Å². The topological polar surface area (TPSA) is 81.4 Å². The summed E-state index contributed by atoms with van der Waals surface area (Å²) >= 11 is 0. The fraction of sp³-hybridized carbons (Fsp3) is 0.900. The lowest BCUT2D eigenvalue weighted by Gasteiger charge is -2.14. The molecule has 0 spiro atoms. The molecule has 0 aromatic rings. The first-order valence-corrected chi connectivity index (χ1v) is 7.20. The summed E-state index contributed by atoms with van der Waals surface area (Å²) in [5, 5.41) is 8.78. The zero-order valence-electron chi connectivity index (χ0n) is 9.72. The van der Waals surface area contributed by atoms with E-state index in [0.29, 0.717) is 19.5 Å². The second-order valence-corrected chi connectivity index (χ2v) is 5.36. The molecule has 5 nitrogen and oxygen atoms in total. The second kappa shape index (κ2) is 8.36. The van der Waals surface area contributed by atoms with E-state index in [1.54, 1.807) is 4.90 Å². The Balaban J connectivity index is 3.64. The largest absolute Gasteiger partial charge is 0.311 e. The van der Waals surface area contributed by atoms with E-state index in [1.807, 2.05) is 6.19 Å². The maximum Gasteiger partial charge on any atom is 0.264 e. The lowest BCUT2D eigenvalue weighted by atomic mass is 10.2. The van der Waals surface area contributed by atoms with Gasteiger partial charge in [-0.1, -0.05) is 26.2 Å². The molecule has 0 rings (SSSR count). The van der Waals surface area contributed by atoms with E-state index in [0.717, 1.165) is 25.7 Å². The average molecular weight is 248 g/mol. The number of rotatable bonds is 9. The minimum absolute atomic E-state index is 0.278. The second-order valence-electron chi connectivity index (χ2n) is 3.79. The van der Waals surface area contributed by atoms with Crippen molar-refractivity contribution in [2.75, 3.05) is 18.8 Å². The highest BCUT2D eigenvalue weighted by Crippen LogP contribution is 2.01. The first-order valence-electron chi connectivity index (χ1n) is 5.59. The van der Waals surface area contributed by atoms with Gasteiger partial charge in [-0.25, -0.2) is 0 Å². The molecule has 0 aliphatic rings. The molecule has 1 N–H and O–H groups in total. The molecule has 0 heterocycles. The van der Waals surface area contributed by atoms with Gasteiger partial charge in [0.1, 0.15) is 0 Å². The first kappa shape index (κ1) is 15.2. The van der Waals surface area contributed by atoms with Crippen molar-refractivity contribution in [2.24, 2.45) is 0 Å². The molecule has 94 valence electrons. The highest BCUT2D eigenvalue weighted by Gasteiger charge is 2.06. The van der Waals surface area contributed by atoms with Crippen LogP contribution in [0.4, 0.5) is 0 Å². The van der Waals surface area contributed by atoms with E-state index in [9.17, 15) is 8.42 Å². The molecule has 0 bridgehead atoms. The third-order valence-corrected chi connectivity index (χ3v) is 3.06. The van der Waals surface area contributed by atoms with E-state index < -0.39 is 10.1 Å². The Labute approximate surface area is 97.8 Å². The Morgan fingerprint density at radius 2 is 1.81 bits per heavy atom. The monoisotopic (exact) mass is 248 g/mol. The standard InChI is InChI=1S/C10H20N2O3S/c1-2-3-4-5-7-12(10-11)8-6-9-16(13,14)15/h2-9H2,1H3,(H,13,14,15). The minimum atomic E-state index is -3.89. The van der Waals surface area contributed by atoms with E-state index in [4.69, 9.17) is 9.81 Å². The summed E-state index contributed by atoms with van der Waals surface area (Å²) in [7, 11) is -3.89. The highest BCUT2D eigenvalue weighted by atomic mass is 32.2. The zero-order valence-corrected chi connectivity index (χ0v) is 10.5. The van der Waals surface area contributed by atoms with Crippen LogP contribution >= 0.6 is 0 Å². The number of hydrogen-bond acceptors (Lipinski definition) is 4. The zero-order chi connectivity index (χ0) is 12.4. The molecule has 0 aliphatic carbocycles. The maximum atomic E-state index is 10.5. The predicted octanol–water partition coefficient (Wildman–Crippen LogP) is 1.63. The van der Waals surface area contributed by atoms with Crippen molar-refractivity contribution in [3.05, 3.63) is 0 Å². The van der Waals surface area contributed by atoms with Gasteiger partial charge >= 0.3 is 0 Å². The quantitative estimate of drug-likeness (QED) is 0.290. The number of unbranched alkanes of at least 4 members (excludes halogenated alkanes) is 3. The Bertz CT molecular complexity index is 309. The van der Waals surface area contributed by atoms with Crippen molar-refractivity contribution in [2.45, 2.75) is 39.0 Å². The van der Waals surface area contributed by atoms with Gasteiger partial charge in [0.2, 0.25) is 0 Å². The Morgan fingerprint density at radius 3 is 2.31 bits per heavy atom. The third kappa shape index (κ3) is 9.74. The fourth-order valence-electron chi connectivity index (χ4n) is 1.38. The molecule has 0 saturated heterocycles. The number of hydrogen-bond donors (Lipinski definition) is 1. The average Bonchev–Trinajstić information content (AvgIpc) is 2.20. The maximum absolute atomic E-state index is 10.5. The van der Waals surface area contributed by atoms with E-state index in [1.165, 1.54) is 0 Å². The minimum Gasteiger partial charge on any atom is -0.311 e. The van der Waals surface area contributed by atoms with Gasteiger partial charge in [-0.05, 0) is 12.8 Å². The van der Waals surface area contributed by atoms with Gasteiger partial charge in [-0.2, -0.15) is 13.7 Å². The summed E-state index contributed by atoms with van der Waals surface area (Å²) in [5.41, 5.74) is 0. The molecule has 0 aliphatic heterocycles. The van der Waals surface area contributed by atoms with Crippen LogP contribution in [0, 0.1) is 11.5 Å². The van der Waals surface area contributed by atoms with Gasteiger partial charge in [0.05, 0.1) is 5.75 Å². The molecular weight excluding hydrogens is 228 g/mol. The molecule has 6 heteroatoms. The van der Waals surface area contributed by atoms with Crippen molar-refractivity contribution in [3.63, 3.8) is 0 Å². The molecular formula is C10H20N2O3S. The van der Waals surface area contributed by atoms with Crippen LogP contribution < -0.4 is 0 Å². The van der Waals surface area contributed by atoms with Gasteiger partial charge in [-0.15, -0.1) is 0 Å². The fourth-order valence-corrected chi connectivity index (χ4v) is 1.87. The van der Waals surface area contributed by atoms with Gasteiger partial charge in [0.15, 0.2) is 6.19 Å². The SMILES string of the molecule is CCCCCCN(C#N)CCCS(=O)(=O)O. The smallest absolute Gasteiger partial charge is 0.264 e. The molecule has 0 fully saturated rings. The van der Waals surface area contributed by atoms with Crippen molar-refractivity contribution in [1.29, 1.82) is 5.26 Å². The number of nitriles is 1. The molecule has 0 atom stereocenters. The highest BCUT2D eigenvalue weighted by molar-refractivity contribution is 7.85. The van der Waals surface area contributed by atoms with Crippen LogP contribution in [-0.2, 0) is 10.1 Å². The Hall–Kier alpha value is -0.800. The van der Waals surface area contributed by atoms with E-state index >= 15 is 0 Å². The summed E-state index contributed by atoms with van der Waals surface area (Å²) in [6.07, 6.45) is 6.66. The van der Waals surface area contributed by atoms with Crippen LogP contribution in [0.5, 0.6) is 0 Å². The van der Waals surface area contributed by atoms with Crippen molar-refractivity contribution >= 4 is 10.1 Å². The summed E-state index contributed by atoms with van der Waals surface area (Å²) in [6.45, 7) is 3.18. The van der Waals surface area contributed by atoms with Gasteiger partial charge in [-0.3, -0.25) is 4.55 Å². The molecule has 0 saturated carbocycles. The van der Waals surface area contributed by atoms with Crippen molar-refractivity contribution in [3.8, 4) is 6.19 Å². The van der Waals surface area contributed by atoms with Crippen molar-refractivity contribution in [1.82, 2.24) is 4.90 Å². The summed E-state index contributed by atoms with van der Waals surface area (Å²) in [6, 6.07) is 0. The third-order valence-electron chi connectivity index (χ3n) is 2.25. The first-order chi connectivity index (χ1) is 7.49. The predicted molar refractivity (Wildman–Crippen MR) is 62.4 cm³/mol. The van der Waals surface area contributed by atoms with Crippen LogP contribution in [-0.4, -0.2) is 36.7 Å². The van der Waals surface area contributed by atoms with Crippen molar-refractivity contribution < 1.29 is 13.0 Å². The Morgan fingerprint density at radius 1 is 1.19 bits per heavy atom. The molecule has 0 aromatic heterocycles. The van der Waals surface area contributed by atoms with Crippen LogP contribution in [0.15, 0.2) is 0 Å². The molecule has 0 unspecified atom stereocenters. The normalized spacial score (nSPS) is 11.1.